The van der Waals surface area contributed by atoms with Crippen molar-refractivity contribution in [3.8, 4) is 0 Å². The predicted molar refractivity (Wildman–Crippen MR) is 44.3 cm³/mol. The summed E-state index contributed by atoms with van der Waals surface area (Å²) >= 11 is 5.30. The number of H-pyrrole nitrogens is 1. The molecule has 0 atom stereocenters. The van der Waals surface area contributed by atoms with Crippen LogP contribution in [0.15, 0.2) is 12.4 Å². The molecule has 1 aromatic heterocycles. The molecule has 0 aromatic carbocycles. The highest BCUT2D eigenvalue weighted by atomic mass is 35.5. The molecule has 0 radical (unpaired) electrons. The van der Waals surface area contributed by atoms with Gasteiger partial charge >= 0.3 is 6.09 Å². The van der Waals surface area contributed by atoms with Gasteiger partial charge in [-0.1, -0.05) is 0 Å². The van der Waals surface area contributed by atoms with Crippen molar-refractivity contribution in [2.75, 3.05) is 17.8 Å². The third-order valence-corrected chi connectivity index (χ3v) is 1.18. The number of ether oxygens (including phenoxy) is 1. The molecule has 2 N–H and O–H groups in total. The van der Waals surface area contributed by atoms with Crippen molar-refractivity contribution in [2.45, 2.75) is 0 Å². The van der Waals surface area contributed by atoms with E-state index in [1.807, 2.05) is 0 Å². The summed E-state index contributed by atoms with van der Waals surface area (Å²) < 4.78 is 4.62. The summed E-state index contributed by atoms with van der Waals surface area (Å²) in [5.74, 6) is 0.639. The van der Waals surface area contributed by atoms with Crippen LogP contribution in [0.25, 0.3) is 0 Å². The highest BCUT2D eigenvalue weighted by Gasteiger charge is 2.02. The lowest BCUT2D eigenvalue weighted by Crippen LogP contribution is -2.15. The molecule has 1 rings (SSSR count). The van der Waals surface area contributed by atoms with Gasteiger partial charge in [-0.15, -0.1) is 11.6 Å². The summed E-state index contributed by atoms with van der Waals surface area (Å²) in [5.41, 5.74) is 0. The van der Waals surface area contributed by atoms with E-state index in [1.165, 1.54) is 6.20 Å². The average molecular weight is 190 g/mol. The molecule has 1 heterocycles. The largest absolute Gasteiger partial charge is 0.448 e. The fourth-order valence-corrected chi connectivity index (χ4v) is 0.675. The zero-order valence-electron chi connectivity index (χ0n) is 6.21. The molecule has 1 amide bonds. The molecule has 12 heavy (non-hydrogen) atoms. The van der Waals surface area contributed by atoms with Gasteiger partial charge in [-0.25, -0.2) is 9.78 Å². The van der Waals surface area contributed by atoms with E-state index in [9.17, 15) is 4.79 Å². The van der Waals surface area contributed by atoms with E-state index in [4.69, 9.17) is 11.6 Å². The molecule has 0 aliphatic rings. The van der Waals surface area contributed by atoms with Crippen molar-refractivity contribution < 1.29 is 9.53 Å². The van der Waals surface area contributed by atoms with Gasteiger partial charge in [0.1, 0.15) is 6.61 Å². The molecular weight excluding hydrogens is 182 g/mol. The van der Waals surface area contributed by atoms with Crippen LogP contribution in [0.4, 0.5) is 10.7 Å². The second kappa shape index (κ2) is 4.61. The highest BCUT2D eigenvalue weighted by Crippen LogP contribution is 1.95. The first-order valence-electron chi connectivity index (χ1n) is 3.32. The Balaban J connectivity index is 2.27. The Kier molecular flexibility index (Phi) is 3.40. The van der Waals surface area contributed by atoms with E-state index in [2.05, 4.69) is 20.0 Å². The maximum Gasteiger partial charge on any atom is 0.414 e. The maximum atomic E-state index is 10.8. The van der Waals surface area contributed by atoms with Gasteiger partial charge in [0.15, 0.2) is 0 Å². The molecule has 66 valence electrons. The molecule has 0 bridgehead atoms. The van der Waals surface area contributed by atoms with E-state index in [0.29, 0.717) is 5.95 Å². The Hall–Kier alpha value is -1.23. The number of hydrogen-bond donors (Lipinski definition) is 2. The van der Waals surface area contributed by atoms with Crippen molar-refractivity contribution in [3.05, 3.63) is 12.4 Å². The minimum absolute atomic E-state index is 0.189. The molecule has 0 aliphatic heterocycles. The quantitative estimate of drug-likeness (QED) is 0.702. The van der Waals surface area contributed by atoms with Crippen LogP contribution in [0.1, 0.15) is 0 Å². The van der Waals surface area contributed by atoms with Crippen LogP contribution in [0.5, 0.6) is 0 Å². The van der Waals surface area contributed by atoms with E-state index in [1.54, 1.807) is 6.20 Å². The van der Waals surface area contributed by atoms with Gasteiger partial charge in [-0.3, -0.25) is 5.32 Å². The monoisotopic (exact) mass is 189 g/mol. The second-order valence-electron chi connectivity index (χ2n) is 1.89. The van der Waals surface area contributed by atoms with Crippen molar-refractivity contribution in [2.24, 2.45) is 0 Å². The Bertz CT molecular complexity index is 237. The number of alkyl halides is 1. The van der Waals surface area contributed by atoms with Crippen LogP contribution in [-0.2, 0) is 4.74 Å². The number of amides is 1. The lowest BCUT2D eigenvalue weighted by atomic mass is 10.8. The highest BCUT2D eigenvalue weighted by molar-refractivity contribution is 6.18. The number of carbonyl (C=O) groups excluding carboxylic acids is 1. The van der Waals surface area contributed by atoms with Crippen molar-refractivity contribution in [1.29, 1.82) is 0 Å². The van der Waals surface area contributed by atoms with E-state index in [-0.39, 0.29) is 12.5 Å². The standard InChI is InChI=1S/C6H8ClN3O2/c7-1-4-12-6(11)10-5-8-2-3-9-5/h2-3H,1,4H2,(H2,8,9,10,11). The molecule has 1 aromatic rings. The van der Waals surface area contributed by atoms with Crippen LogP contribution < -0.4 is 5.32 Å². The summed E-state index contributed by atoms with van der Waals surface area (Å²) in [6, 6.07) is 0. The van der Waals surface area contributed by atoms with Gasteiger partial charge in [-0.2, -0.15) is 0 Å². The zero-order chi connectivity index (χ0) is 8.81. The normalized spacial score (nSPS) is 9.42. The van der Waals surface area contributed by atoms with E-state index < -0.39 is 6.09 Å². The topological polar surface area (TPSA) is 67.0 Å². The first kappa shape index (κ1) is 8.86. The SMILES string of the molecule is O=C(Nc1ncc[nH]1)OCCCl. The molecule has 0 saturated carbocycles. The lowest BCUT2D eigenvalue weighted by molar-refractivity contribution is 0.168. The minimum Gasteiger partial charge on any atom is -0.448 e. The number of halogens is 1. The lowest BCUT2D eigenvalue weighted by Gasteiger charge is -2.01. The molecular formula is C6H8ClN3O2. The second-order valence-corrected chi connectivity index (χ2v) is 2.27. The van der Waals surface area contributed by atoms with Crippen LogP contribution in [0.2, 0.25) is 0 Å². The van der Waals surface area contributed by atoms with Gasteiger partial charge in [0.05, 0.1) is 5.88 Å². The van der Waals surface area contributed by atoms with Gasteiger partial charge in [0, 0.05) is 12.4 Å². The summed E-state index contributed by atoms with van der Waals surface area (Å²) in [4.78, 5) is 17.3. The third-order valence-electron chi connectivity index (χ3n) is 1.03. The Labute approximate surface area is 74.1 Å². The number of rotatable bonds is 3. The number of aromatic nitrogens is 2. The summed E-state index contributed by atoms with van der Waals surface area (Å²) in [6.45, 7) is 0.189. The van der Waals surface area contributed by atoms with Crippen molar-refractivity contribution in [3.63, 3.8) is 0 Å². The Morgan fingerprint density at radius 1 is 1.83 bits per heavy atom. The maximum absolute atomic E-state index is 10.8. The van der Waals surface area contributed by atoms with E-state index >= 15 is 0 Å². The first-order valence-corrected chi connectivity index (χ1v) is 3.85. The van der Waals surface area contributed by atoms with Gasteiger partial charge in [-0.05, 0) is 0 Å². The molecule has 0 fully saturated rings. The van der Waals surface area contributed by atoms with Crippen LogP contribution in [0, 0.1) is 0 Å². The van der Waals surface area contributed by atoms with E-state index in [0.717, 1.165) is 0 Å². The van der Waals surface area contributed by atoms with Crippen LogP contribution in [-0.4, -0.2) is 28.5 Å². The molecule has 6 heteroatoms. The Morgan fingerprint density at radius 2 is 2.67 bits per heavy atom. The smallest absolute Gasteiger partial charge is 0.414 e. The molecule has 0 aliphatic carbocycles. The number of hydrogen-bond acceptors (Lipinski definition) is 3. The van der Waals surface area contributed by atoms with Crippen molar-refractivity contribution in [1.82, 2.24) is 9.97 Å². The summed E-state index contributed by atoms with van der Waals surface area (Å²) in [6.07, 6.45) is 2.56. The van der Waals surface area contributed by atoms with Gasteiger partial charge in [0.25, 0.3) is 0 Å². The fourth-order valence-electron chi connectivity index (χ4n) is 0.598. The van der Waals surface area contributed by atoms with Crippen molar-refractivity contribution >= 4 is 23.6 Å². The predicted octanol–water partition coefficient (Wildman–Crippen LogP) is 1.20. The average Bonchev–Trinajstić information content (AvgIpc) is 2.53. The molecule has 5 nitrogen and oxygen atoms in total. The number of nitrogens with one attached hydrogen (secondary N) is 2. The number of carbonyl (C=O) groups is 1. The summed E-state index contributed by atoms with van der Waals surface area (Å²) in [7, 11) is 0. The molecule has 0 spiro atoms. The van der Waals surface area contributed by atoms with Crippen LogP contribution in [0.3, 0.4) is 0 Å². The Morgan fingerprint density at radius 3 is 3.25 bits per heavy atom. The summed E-state index contributed by atoms with van der Waals surface area (Å²) in [5, 5.41) is 2.37. The number of aromatic amines is 1. The van der Waals surface area contributed by atoms with Gasteiger partial charge in [0.2, 0.25) is 5.95 Å². The minimum atomic E-state index is -0.564. The van der Waals surface area contributed by atoms with Crippen LogP contribution >= 0.6 is 11.6 Å². The molecule has 0 unspecified atom stereocenters. The number of anilines is 1. The molecule has 0 saturated heterocycles. The van der Waals surface area contributed by atoms with Gasteiger partial charge < -0.3 is 9.72 Å². The fraction of sp³-hybridized carbons (Fsp3) is 0.333. The number of imidazole rings is 1. The number of nitrogens with zero attached hydrogens (tertiary/aromatic N) is 1. The third kappa shape index (κ3) is 2.79. The zero-order valence-corrected chi connectivity index (χ0v) is 6.97. The first-order chi connectivity index (χ1) is 5.83.